The first kappa shape index (κ1) is 24.2. The topological polar surface area (TPSA) is 107 Å². The fourth-order valence-corrected chi connectivity index (χ4v) is 4.93. The Morgan fingerprint density at radius 1 is 1.40 bits per heavy atom. The lowest BCUT2D eigenvalue weighted by Gasteiger charge is -2.37. The second-order valence-corrected chi connectivity index (χ2v) is 9.61. The summed E-state index contributed by atoms with van der Waals surface area (Å²) in [6.45, 7) is 6.59. The van der Waals surface area contributed by atoms with Crippen LogP contribution in [0.2, 0.25) is 0 Å². The predicted molar refractivity (Wildman–Crippen MR) is 112 cm³/mol. The molecule has 166 valence electrons. The molecule has 1 aromatic rings. The van der Waals surface area contributed by atoms with E-state index in [0.717, 1.165) is 0 Å². The number of fused-ring (bicyclic) bond motifs is 1. The number of benzene rings is 1. The number of amides is 1. The quantitative estimate of drug-likeness (QED) is 0.669. The number of carbonyl (C=O) groups is 1. The van der Waals surface area contributed by atoms with Crippen LogP contribution in [0.5, 0.6) is 5.75 Å². The first-order valence-corrected chi connectivity index (χ1v) is 11.3. The summed E-state index contributed by atoms with van der Waals surface area (Å²) < 4.78 is 34.1. The molecule has 8 nitrogen and oxygen atoms in total. The molecule has 1 aliphatic rings. The molecular weight excluding hydrogens is 408 g/mol. The number of likely N-dealkylation sites (N-methyl/N-ethyl adjacent to an activating group) is 1. The van der Waals surface area contributed by atoms with Crippen LogP contribution in [0.4, 0.5) is 0 Å². The summed E-state index contributed by atoms with van der Waals surface area (Å²) in [6, 6.07) is 3.89. The molecule has 0 radical (unpaired) electrons. The maximum absolute atomic E-state index is 13.3. The third-order valence-corrected chi connectivity index (χ3v) is 7.10. The van der Waals surface area contributed by atoms with Gasteiger partial charge in [-0.3, -0.25) is 4.79 Å². The van der Waals surface area contributed by atoms with Gasteiger partial charge in [0.2, 0.25) is 15.9 Å². The first-order chi connectivity index (χ1) is 14.0. The molecule has 1 heterocycles. The zero-order chi connectivity index (χ0) is 22.6. The van der Waals surface area contributed by atoms with Crippen molar-refractivity contribution in [1.29, 1.82) is 0 Å². The van der Waals surface area contributed by atoms with Crippen LogP contribution in [-0.2, 0) is 14.8 Å². The standard InChI is InChI=1S/C21H30N2O6S/c1-14-11-23(15(2)13-24)30(27,28)21-9-8-18(7-6-16(3)25)10-19(21)29-20(14)12-22(5)17(4)26/h8-10,14-16,20,24-25H,11-13H2,1-5H3/t14-,15+,16+,20-/m0/s1. The molecule has 0 saturated carbocycles. The normalized spacial score (nSPS) is 22.9. The van der Waals surface area contributed by atoms with Gasteiger partial charge in [0, 0.05) is 38.0 Å². The zero-order valence-electron chi connectivity index (χ0n) is 18.0. The fraction of sp³-hybridized carbons (Fsp3) is 0.571. The summed E-state index contributed by atoms with van der Waals surface area (Å²) in [5.41, 5.74) is 0.499. The van der Waals surface area contributed by atoms with Gasteiger partial charge in [-0.2, -0.15) is 4.31 Å². The van der Waals surface area contributed by atoms with Crippen molar-refractivity contribution in [2.75, 3.05) is 26.7 Å². The Morgan fingerprint density at radius 2 is 2.07 bits per heavy atom. The molecule has 9 heteroatoms. The van der Waals surface area contributed by atoms with Gasteiger partial charge in [-0.25, -0.2) is 8.42 Å². The number of rotatable bonds is 4. The Bertz CT molecular complexity index is 935. The number of hydrogen-bond donors (Lipinski definition) is 2. The van der Waals surface area contributed by atoms with E-state index in [9.17, 15) is 23.4 Å². The molecule has 2 N–H and O–H groups in total. The lowest BCUT2D eigenvalue weighted by Crippen LogP contribution is -2.50. The molecule has 4 atom stereocenters. The van der Waals surface area contributed by atoms with Gasteiger partial charge < -0.3 is 19.8 Å². The van der Waals surface area contributed by atoms with Gasteiger partial charge in [0.05, 0.1) is 13.2 Å². The van der Waals surface area contributed by atoms with Crippen molar-refractivity contribution in [3.8, 4) is 17.6 Å². The van der Waals surface area contributed by atoms with E-state index in [0.29, 0.717) is 5.56 Å². The lowest BCUT2D eigenvalue weighted by atomic mass is 10.0. The highest BCUT2D eigenvalue weighted by atomic mass is 32.2. The average Bonchev–Trinajstić information content (AvgIpc) is 2.68. The molecule has 2 rings (SSSR count). The number of hydrogen-bond acceptors (Lipinski definition) is 6. The number of carbonyl (C=O) groups excluding carboxylic acids is 1. The van der Waals surface area contributed by atoms with E-state index in [4.69, 9.17) is 4.74 Å². The summed E-state index contributed by atoms with van der Waals surface area (Å²) in [5.74, 6) is 5.17. The average molecular weight is 439 g/mol. The van der Waals surface area contributed by atoms with Gasteiger partial charge in [0.25, 0.3) is 0 Å². The van der Waals surface area contributed by atoms with E-state index in [-0.39, 0.29) is 42.2 Å². The number of nitrogens with zero attached hydrogens (tertiary/aromatic N) is 2. The van der Waals surface area contributed by atoms with Gasteiger partial charge >= 0.3 is 0 Å². The van der Waals surface area contributed by atoms with Gasteiger partial charge in [0.15, 0.2) is 0 Å². The van der Waals surface area contributed by atoms with Crippen molar-refractivity contribution >= 4 is 15.9 Å². The Labute approximate surface area is 178 Å². The van der Waals surface area contributed by atoms with Crippen LogP contribution >= 0.6 is 0 Å². The van der Waals surface area contributed by atoms with Crippen LogP contribution < -0.4 is 4.74 Å². The molecule has 0 unspecified atom stereocenters. The van der Waals surface area contributed by atoms with Gasteiger partial charge in [-0.15, -0.1) is 0 Å². The molecule has 30 heavy (non-hydrogen) atoms. The Balaban J connectivity index is 2.60. The maximum Gasteiger partial charge on any atom is 0.247 e. The zero-order valence-corrected chi connectivity index (χ0v) is 18.8. The van der Waals surface area contributed by atoms with Crippen LogP contribution in [-0.4, -0.2) is 78.7 Å². The van der Waals surface area contributed by atoms with Gasteiger partial charge in [0.1, 0.15) is 22.9 Å². The van der Waals surface area contributed by atoms with Crippen LogP contribution in [0.3, 0.4) is 0 Å². The monoisotopic (exact) mass is 438 g/mol. The second-order valence-electron chi connectivity index (χ2n) is 7.75. The second kappa shape index (κ2) is 9.79. The summed E-state index contributed by atoms with van der Waals surface area (Å²) in [5, 5.41) is 19.0. The predicted octanol–water partition coefficient (Wildman–Crippen LogP) is 0.666. The lowest BCUT2D eigenvalue weighted by molar-refractivity contribution is -0.129. The van der Waals surface area contributed by atoms with Crippen molar-refractivity contribution in [1.82, 2.24) is 9.21 Å². The summed E-state index contributed by atoms with van der Waals surface area (Å²) in [4.78, 5) is 13.2. The van der Waals surface area contributed by atoms with Crippen molar-refractivity contribution < 1.29 is 28.2 Å². The molecule has 0 aliphatic carbocycles. The molecule has 0 spiro atoms. The Hall–Kier alpha value is -2.12. The van der Waals surface area contributed by atoms with Crippen LogP contribution in [0, 0.1) is 17.8 Å². The Morgan fingerprint density at radius 3 is 2.63 bits per heavy atom. The smallest absolute Gasteiger partial charge is 0.247 e. The minimum absolute atomic E-state index is 0.0206. The van der Waals surface area contributed by atoms with E-state index >= 15 is 0 Å². The number of aliphatic hydroxyl groups is 2. The van der Waals surface area contributed by atoms with Crippen LogP contribution in [0.1, 0.15) is 33.3 Å². The highest BCUT2D eigenvalue weighted by Gasteiger charge is 2.38. The highest BCUT2D eigenvalue weighted by molar-refractivity contribution is 7.89. The number of aliphatic hydroxyl groups excluding tert-OH is 2. The molecule has 1 aliphatic heterocycles. The largest absolute Gasteiger partial charge is 0.487 e. The van der Waals surface area contributed by atoms with Crippen LogP contribution in [0.15, 0.2) is 23.1 Å². The van der Waals surface area contributed by atoms with Crippen molar-refractivity contribution in [2.45, 2.75) is 50.8 Å². The van der Waals surface area contributed by atoms with Crippen molar-refractivity contribution in [3.63, 3.8) is 0 Å². The summed E-state index contributed by atoms with van der Waals surface area (Å²) >= 11 is 0. The molecule has 0 saturated heterocycles. The summed E-state index contributed by atoms with van der Waals surface area (Å²) in [6.07, 6.45) is -1.30. The van der Waals surface area contributed by atoms with E-state index < -0.39 is 28.3 Å². The minimum atomic E-state index is -3.93. The third kappa shape index (κ3) is 5.52. The first-order valence-electron chi connectivity index (χ1n) is 9.82. The molecule has 0 bridgehead atoms. The van der Waals surface area contributed by atoms with E-state index in [1.54, 1.807) is 20.0 Å². The highest BCUT2D eigenvalue weighted by Crippen LogP contribution is 2.34. The molecule has 0 fully saturated rings. The third-order valence-electron chi connectivity index (χ3n) is 5.08. The maximum atomic E-state index is 13.3. The SMILES string of the molecule is CC(=O)N(C)C[C@@H]1Oc2cc(C#C[C@@H](C)O)ccc2S(=O)(=O)N([C@H](C)CO)C[C@@H]1C. The molecular formula is C21H30N2O6S. The summed E-state index contributed by atoms with van der Waals surface area (Å²) in [7, 11) is -2.27. The number of ether oxygens (including phenoxy) is 1. The number of sulfonamides is 1. The Kier molecular flexibility index (Phi) is 7.88. The van der Waals surface area contributed by atoms with Crippen molar-refractivity contribution in [3.05, 3.63) is 23.8 Å². The van der Waals surface area contributed by atoms with Crippen molar-refractivity contribution in [2.24, 2.45) is 5.92 Å². The van der Waals surface area contributed by atoms with Crippen LogP contribution in [0.25, 0.3) is 0 Å². The fourth-order valence-electron chi connectivity index (χ4n) is 3.11. The molecule has 0 aromatic heterocycles. The van der Waals surface area contributed by atoms with E-state index in [2.05, 4.69) is 11.8 Å². The van der Waals surface area contributed by atoms with Gasteiger partial charge in [-0.1, -0.05) is 18.8 Å². The van der Waals surface area contributed by atoms with E-state index in [1.807, 2.05) is 6.92 Å². The van der Waals surface area contributed by atoms with Gasteiger partial charge in [-0.05, 0) is 32.0 Å². The minimum Gasteiger partial charge on any atom is -0.487 e. The molecule has 1 amide bonds. The molecule has 1 aromatic carbocycles. The van der Waals surface area contributed by atoms with E-state index in [1.165, 1.54) is 35.2 Å².